The molecule has 0 unspecified atom stereocenters. The smallest absolute Gasteiger partial charge is 0.219 e. The molecule has 1 aromatic rings. The Morgan fingerprint density at radius 1 is 1.21 bits per heavy atom. The second-order valence-electron chi connectivity index (χ2n) is 2.46. The van der Waals surface area contributed by atoms with Crippen LogP contribution in [0.3, 0.4) is 0 Å². The van der Waals surface area contributed by atoms with E-state index < -0.39 is 11.3 Å². The van der Waals surface area contributed by atoms with Gasteiger partial charge in [-0.05, 0) is 66.8 Å². The van der Waals surface area contributed by atoms with E-state index in [9.17, 15) is 8.42 Å². The Hall–Kier alpha value is 0.470. The summed E-state index contributed by atoms with van der Waals surface area (Å²) >= 11 is 8.80. The zero-order valence-electron chi connectivity index (χ0n) is 6.91. The Bertz CT molecular complexity index is 423. The number of nitrogens with zero attached hydrogens (tertiary/aromatic N) is 2. The SMILES string of the molecule is Cc1ccc(S(=O)(=O)C(Br)(Br)Br)nn1. The zero-order chi connectivity index (χ0) is 11.0. The largest absolute Gasteiger partial charge is 0.241 e. The molecule has 0 N–H and O–H groups in total. The fraction of sp³-hybridized carbons (Fsp3) is 0.333. The molecule has 0 aliphatic rings. The van der Waals surface area contributed by atoms with Crippen LogP contribution in [0.15, 0.2) is 17.2 Å². The molecule has 0 fully saturated rings. The molecular weight excluding hydrogens is 404 g/mol. The Labute approximate surface area is 107 Å². The standard InChI is InChI=1S/C6H5Br3N2O2S/c1-4-2-3-5(11-10-4)14(12,13)6(7,8)9/h2-3H,1H3. The summed E-state index contributed by atoms with van der Waals surface area (Å²) < 4.78 is 22.0. The van der Waals surface area contributed by atoms with Crippen molar-refractivity contribution in [1.82, 2.24) is 10.2 Å². The highest BCUT2D eigenvalue weighted by Gasteiger charge is 2.38. The predicted octanol–water partition coefficient (Wildman–Crippen LogP) is 2.35. The molecule has 0 atom stereocenters. The third-order valence-corrected chi connectivity index (χ3v) is 6.57. The average Bonchev–Trinajstić information content (AvgIpc) is 2.03. The van der Waals surface area contributed by atoms with Gasteiger partial charge in [0.05, 0.1) is 5.69 Å². The highest BCUT2D eigenvalue weighted by Crippen LogP contribution is 2.42. The van der Waals surface area contributed by atoms with Crippen LogP contribution in [0.2, 0.25) is 0 Å². The van der Waals surface area contributed by atoms with Crippen molar-refractivity contribution >= 4 is 57.6 Å². The summed E-state index contributed by atoms with van der Waals surface area (Å²) in [6.45, 7) is 1.73. The van der Waals surface area contributed by atoms with Gasteiger partial charge in [-0.15, -0.1) is 5.10 Å². The van der Waals surface area contributed by atoms with Gasteiger partial charge in [0.1, 0.15) is 0 Å². The highest BCUT2D eigenvalue weighted by molar-refractivity contribution is 9.42. The summed E-state index contributed by atoms with van der Waals surface area (Å²) in [4.78, 5) is 0. The van der Waals surface area contributed by atoms with E-state index in [1.54, 1.807) is 13.0 Å². The fourth-order valence-electron chi connectivity index (χ4n) is 0.649. The number of halogens is 3. The molecule has 4 nitrogen and oxygen atoms in total. The number of hydrogen-bond donors (Lipinski definition) is 0. The molecule has 0 aromatic carbocycles. The molecule has 0 aliphatic carbocycles. The number of aryl methyl sites for hydroxylation is 1. The maximum Gasteiger partial charge on any atom is 0.241 e. The second-order valence-corrected chi connectivity index (χ2v) is 12.8. The van der Waals surface area contributed by atoms with Crippen molar-refractivity contribution in [3.05, 3.63) is 17.8 Å². The van der Waals surface area contributed by atoms with Crippen molar-refractivity contribution in [1.29, 1.82) is 0 Å². The molecular formula is C6H5Br3N2O2S. The molecule has 1 heterocycles. The molecule has 0 saturated heterocycles. The summed E-state index contributed by atoms with van der Waals surface area (Å²) in [5, 5.41) is 7.15. The fourth-order valence-corrected chi connectivity index (χ4v) is 2.77. The molecule has 1 aromatic heterocycles. The van der Waals surface area contributed by atoms with Crippen LogP contribution in [0.25, 0.3) is 0 Å². The minimum absolute atomic E-state index is 0.103. The van der Waals surface area contributed by atoms with E-state index in [0.29, 0.717) is 5.69 Å². The molecule has 0 amide bonds. The number of alkyl halides is 3. The Balaban J connectivity index is 3.25. The Kier molecular flexibility index (Phi) is 3.72. The van der Waals surface area contributed by atoms with Crippen molar-refractivity contribution in [2.45, 2.75) is 13.4 Å². The first-order valence-electron chi connectivity index (χ1n) is 3.37. The summed E-state index contributed by atoms with van der Waals surface area (Å²) in [5.74, 6) is 0. The van der Waals surface area contributed by atoms with Crippen LogP contribution < -0.4 is 0 Å². The Morgan fingerprint density at radius 3 is 2.14 bits per heavy atom. The molecule has 1 rings (SSSR count). The lowest BCUT2D eigenvalue weighted by Gasteiger charge is -2.11. The Morgan fingerprint density at radius 2 is 1.79 bits per heavy atom. The van der Waals surface area contributed by atoms with Crippen molar-refractivity contribution in [2.75, 3.05) is 0 Å². The van der Waals surface area contributed by atoms with Gasteiger partial charge in [-0.25, -0.2) is 8.42 Å². The quantitative estimate of drug-likeness (QED) is 0.669. The number of aromatic nitrogens is 2. The maximum absolute atomic E-state index is 11.7. The average molecular weight is 409 g/mol. The summed E-state index contributed by atoms with van der Waals surface area (Å²) in [6.07, 6.45) is 0. The first-order valence-corrected chi connectivity index (χ1v) is 7.23. The van der Waals surface area contributed by atoms with Crippen molar-refractivity contribution < 1.29 is 8.42 Å². The van der Waals surface area contributed by atoms with Gasteiger partial charge in [-0.2, -0.15) is 5.10 Å². The molecule has 14 heavy (non-hydrogen) atoms. The van der Waals surface area contributed by atoms with Crippen LogP contribution in [0, 0.1) is 6.92 Å². The van der Waals surface area contributed by atoms with Crippen LogP contribution in [-0.4, -0.2) is 20.1 Å². The van der Waals surface area contributed by atoms with E-state index in [2.05, 4.69) is 58.0 Å². The van der Waals surface area contributed by atoms with E-state index in [4.69, 9.17) is 0 Å². The van der Waals surface area contributed by atoms with Crippen molar-refractivity contribution in [3.8, 4) is 0 Å². The second kappa shape index (κ2) is 4.15. The predicted molar refractivity (Wildman–Crippen MR) is 63.5 cm³/mol. The lowest BCUT2D eigenvalue weighted by atomic mass is 10.4. The number of sulfone groups is 1. The van der Waals surface area contributed by atoms with Gasteiger partial charge in [-0.1, -0.05) is 0 Å². The zero-order valence-corrected chi connectivity index (χ0v) is 12.5. The first kappa shape index (κ1) is 12.5. The first-order chi connectivity index (χ1) is 6.25. The van der Waals surface area contributed by atoms with Gasteiger partial charge in [0.25, 0.3) is 0 Å². The van der Waals surface area contributed by atoms with Crippen LogP contribution >= 0.6 is 47.8 Å². The van der Waals surface area contributed by atoms with E-state index in [1.165, 1.54) is 6.07 Å². The van der Waals surface area contributed by atoms with E-state index >= 15 is 0 Å². The molecule has 0 aliphatic heterocycles. The van der Waals surface area contributed by atoms with Gasteiger partial charge in [0, 0.05) is 0 Å². The van der Waals surface area contributed by atoms with E-state index in [0.717, 1.165) is 0 Å². The minimum atomic E-state index is -3.62. The number of hydrogen-bond acceptors (Lipinski definition) is 4. The lowest BCUT2D eigenvalue weighted by Crippen LogP contribution is -2.19. The summed E-state index contributed by atoms with van der Waals surface area (Å²) in [5.41, 5.74) is 0.660. The van der Waals surface area contributed by atoms with Crippen LogP contribution in [0.4, 0.5) is 0 Å². The monoisotopic (exact) mass is 406 g/mol. The number of rotatable bonds is 1. The third-order valence-electron chi connectivity index (χ3n) is 1.35. The lowest BCUT2D eigenvalue weighted by molar-refractivity contribution is 0.592. The maximum atomic E-state index is 11.7. The van der Waals surface area contributed by atoms with Gasteiger partial charge < -0.3 is 0 Å². The topological polar surface area (TPSA) is 59.9 Å². The molecule has 78 valence electrons. The summed E-state index contributed by atoms with van der Waals surface area (Å²) in [7, 11) is -3.62. The van der Waals surface area contributed by atoms with Gasteiger partial charge in [-0.3, -0.25) is 0 Å². The van der Waals surface area contributed by atoms with E-state index in [1.807, 2.05) is 0 Å². The molecule has 0 radical (unpaired) electrons. The van der Waals surface area contributed by atoms with Crippen LogP contribution in [0.5, 0.6) is 0 Å². The van der Waals surface area contributed by atoms with Crippen LogP contribution in [0.1, 0.15) is 5.69 Å². The van der Waals surface area contributed by atoms with Crippen molar-refractivity contribution in [2.24, 2.45) is 0 Å². The van der Waals surface area contributed by atoms with Gasteiger partial charge >= 0.3 is 0 Å². The normalized spacial score (nSPS) is 12.9. The van der Waals surface area contributed by atoms with Gasteiger partial charge in [0.15, 0.2) is 5.03 Å². The third kappa shape index (κ3) is 2.53. The molecule has 8 heteroatoms. The molecule has 0 bridgehead atoms. The molecule has 0 spiro atoms. The minimum Gasteiger partial charge on any atom is -0.219 e. The van der Waals surface area contributed by atoms with Gasteiger partial charge in [0.2, 0.25) is 11.3 Å². The van der Waals surface area contributed by atoms with Crippen molar-refractivity contribution in [3.63, 3.8) is 0 Å². The summed E-state index contributed by atoms with van der Waals surface area (Å²) in [6, 6.07) is 2.98. The molecule has 0 saturated carbocycles. The van der Waals surface area contributed by atoms with Crippen LogP contribution in [-0.2, 0) is 9.84 Å². The highest BCUT2D eigenvalue weighted by atomic mass is 80.0. The van der Waals surface area contributed by atoms with E-state index in [-0.39, 0.29) is 5.03 Å².